The van der Waals surface area contributed by atoms with E-state index in [0.717, 1.165) is 50.1 Å². The average molecular weight is 497 g/mol. The molecule has 0 N–H and O–H groups in total. The number of benzene rings is 4. The smallest absolute Gasteiger partial charge is 0.193 e. The second-order valence-electron chi connectivity index (χ2n) is 9.62. The normalized spacial score (nSPS) is 11.5. The molecule has 0 fully saturated rings. The lowest BCUT2D eigenvalue weighted by Gasteiger charge is -2.13. The highest BCUT2D eigenvalue weighted by molar-refractivity contribution is 6.13. The van der Waals surface area contributed by atoms with E-state index in [1.165, 1.54) is 0 Å². The third kappa shape index (κ3) is 5.26. The minimum Gasteiger partial charge on any atom is -0.289 e. The summed E-state index contributed by atoms with van der Waals surface area (Å²) in [7, 11) is 0. The number of hydrogen-bond acceptors (Lipinski definition) is 2. The molecule has 0 aliphatic heterocycles. The molecule has 0 unspecified atom stereocenters. The highest BCUT2D eigenvalue weighted by Crippen LogP contribution is 2.30. The van der Waals surface area contributed by atoms with Gasteiger partial charge in [-0.05, 0) is 90.4 Å². The second kappa shape index (κ2) is 11.2. The van der Waals surface area contributed by atoms with Gasteiger partial charge in [0.25, 0.3) is 0 Å². The monoisotopic (exact) mass is 496 g/mol. The molecule has 0 bridgehead atoms. The van der Waals surface area contributed by atoms with E-state index >= 15 is 0 Å². The Morgan fingerprint density at radius 2 is 1.11 bits per heavy atom. The summed E-state index contributed by atoms with van der Waals surface area (Å²) in [6, 6.07) is 27.9. The third-order valence-electron chi connectivity index (χ3n) is 7.06. The molecule has 4 rings (SSSR count). The maximum absolute atomic E-state index is 13.4. The molecule has 0 saturated heterocycles. The van der Waals surface area contributed by atoms with Gasteiger partial charge in [-0.1, -0.05) is 92.0 Å². The van der Waals surface area contributed by atoms with Crippen molar-refractivity contribution in [2.24, 2.45) is 0 Å². The van der Waals surface area contributed by atoms with Crippen LogP contribution in [0.3, 0.4) is 0 Å². The zero-order valence-corrected chi connectivity index (χ0v) is 22.5. The summed E-state index contributed by atoms with van der Waals surface area (Å²) in [5, 5.41) is 0. The summed E-state index contributed by atoms with van der Waals surface area (Å²) in [6.07, 6.45) is 3.27. The number of carbonyl (C=O) groups excluding carboxylic acids is 2. The zero-order chi connectivity index (χ0) is 27.4. The Balaban J connectivity index is 1.75. The van der Waals surface area contributed by atoms with E-state index < -0.39 is 0 Å². The first-order valence-electron chi connectivity index (χ1n) is 12.7. The van der Waals surface area contributed by atoms with Gasteiger partial charge in [-0.25, -0.2) is 0 Å². The molecule has 188 valence electrons. The summed E-state index contributed by atoms with van der Waals surface area (Å²) in [6.45, 7) is 15.4. The molecule has 0 saturated carbocycles. The van der Waals surface area contributed by atoms with E-state index in [1.54, 1.807) is 12.2 Å². The molecule has 0 atom stereocenters. The summed E-state index contributed by atoms with van der Waals surface area (Å²) in [5.74, 6) is -0.0352. The van der Waals surface area contributed by atoms with Gasteiger partial charge in [-0.15, -0.1) is 0 Å². The van der Waals surface area contributed by atoms with E-state index in [9.17, 15) is 9.59 Å². The SMILES string of the molecule is C=C/C(C)=C(\C=C)C(=O)c1cc(-c2cccc(-c3ccc(C)c(C(=O)c4ccccc4C)c3)c2)ccc1C. The van der Waals surface area contributed by atoms with Crippen molar-refractivity contribution in [3.05, 3.63) is 155 Å². The van der Waals surface area contributed by atoms with Gasteiger partial charge in [0.2, 0.25) is 0 Å². The Hall–Kier alpha value is -4.56. The molecule has 38 heavy (non-hydrogen) atoms. The Morgan fingerprint density at radius 3 is 1.68 bits per heavy atom. The van der Waals surface area contributed by atoms with Crippen LogP contribution in [0.25, 0.3) is 22.3 Å². The lowest BCUT2D eigenvalue weighted by molar-refractivity contribution is 0.102. The maximum Gasteiger partial charge on any atom is 0.193 e. The van der Waals surface area contributed by atoms with Gasteiger partial charge in [0, 0.05) is 22.3 Å². The van der Waals surface area contributed by atoms with Crippen LogP contribution < -0.4 is 0 Å². The van der Waals surface area contributed by atoms with Crippen LogP contribution in [0, 0.1) is 20.8 Å². The Bertz CT molecular complexity index is 1610. The fourth-order valence-corrected chi connectivity index (χ4v) is 4.63. The Kier molecular flexibility index (Phi) is 7.83. The van der Waals surface area contributed by atoms with Gasteiger partial charge in [-0.3, -0.25) is 9.59 Å². The van der Waals surface area contributed by atoms with Gasteiger partial charge >= 0.3 is 0 Å². The van der Waals surface area contributed by atoms with Gasteiger partial charge in [0.05, 0.1) is 0 Å². The summed E-state index contributed by atoms with van der Waals surface area (Å²) in [5.41, 5.74) is 10.1. The summed E-state index contributed by atoms with van der Waals surface area (Å²) in [4.78, 5) is 26.7. The van der Waals surface area contributed by atoms with Crippen LogP contribution in [-0.4, -0.2) is 11.6 Å². The van der Waals surface area contributed by atoms with Crippen LogP contribution in [0.5, 0.6) is 0 Å². The number of Topliss-reactive ketones (excluding diaryl/α,β-unsaturated/α-hetero) is 1. The van der Waals surface area contributed by atoms with Crippen molar-refractivity contribution < 1.29 is 9.59 Å². The predicted molar refractivity (Wildman–Crippen MR) is 159 cm³/mol. The number of ketones is 2. The van der Waals surface area contributed by atoms with E-state index in [4.69, 9.17) is 0 Å². The van der Waals surface area contributed by atoms with Crippen LogP contribution in [0.4, 0.5) is 0 Å². The number of aryl methyl sites for hydroxylation is 3. The van der Waals surface area contributed by atoms with Gasteiger partial charge in [-0.2, -0.15) is 0 Å². The van der Waals surface area contributed by atoms with Crippen molar-refractivity contribution in [2.45, 2.75) is 27.7 Å². The molecule has 4 aromatic carbocycles. The van der Waals surface area contributed by atoms with Crippen molar-refractivity contribution in [2.75, 3.05) is 0 Å². The number of allylic oxidation sites excluding steroid dienone is 4. The largest absolute Gasteiger partial charge is 0.289 e. The molecule has 0 amide bonds. The van der Waals surface area contributed by atoms with E-state index in [2.05, 4.69) is 19.2 Å². The van der Waals surface area contributed by atoms with Crippen molar-refractivity contribution >= 4 is 11.6 Å². The molecule has 0 aliphatic carbocycles. The predicted octanol–water partition coefficient (Wildman–Crippen LogP) is 9.05. The first-order chi connectivity index (χ1) is 18.2. The van der Waals surface area contributed by atoms with Gasteiger partial charge < -0.3 is 0 Å². The van der Waals surface area contributed by atoms with Gasteiger partial charge in [0.15, 0.2) is 11.6 Å². The van der Waals surface area contributed by atoms with Crippen LogP contribution in [0.2, 0.25) is 0 Å². The fourth-order valence-electron chi connectivity index (χ4n) is 4.63. The minimum absolute atomic E-state index is 0.0289. The standard InChI is InChI=1S/C36H32O2/c1-7-23(3)31(8-2)35(37)33-21-29(18-16-25(33)5)27-13-11-14-28(20-27)30-19-17-26(6)34(22-30)36(38)32-15-10-9-12-24(32)4/h7-22H,1-2H2,3-6H3/b31-23+. The van der Waals surface area contributed by atoms with Crippen LogP contribution in [-0.2, 0) is 0 Å². The van der Waals surface area contributed by atoms with Crippen molar-refractivity contribution in [1.82, 2.24) is 0 Å². The van der Waals surface area contributed by atoms with Crippen molar-refractivity contribution in [3.63, 3.8) is 0 Å². The summed E-state index contributed by atoms with van der Waals surface area (Å²) >= 11 is 0. The Labute approximate surface area is 225 Å². The zero-order valence-electron chi connectivity index (χ0n) is 22.5. The molecular formula is C36H32O2. The number of carbonyl (C=O) groups is 2. The van der Waals surface area contributed by atoms with Crippen LogP contribution >= 0.6 is 0 Å². The molecule has 0 radical (unpaired) electrons. The average Bonchev–Trinajstić information content (AvgIpc) is 2.93. The van der Waals surface area contributed by atoms with Crippen molar-refractivity contribution in [3.8, 4) is 22.3 Å². The van der Waals surface area contributed by atoms with Gasteiger partial charge in [0.1, 0.15) is 0 Å². The molecular weight excluding hydrogens is 464 g/mol. The number of hydrogen-bond donors (Lipinski definition) is 0. The van der Waals surface area contributed by atoms with Crippen LogP contribution in [0.1, 0.15) is 49.9 Å². The molecule has 0 aromatic heterocycles. The maximum atomic E-state index is 13.4. The quantitative estimate of drug-likeness (QED) is 0.138. The van der Waals surface area contributed by atoms with E-state index in [0.29, 0.717) is 16.7 Å². The minimum atomic E-state index is -0.0641. The molecule has 2 heteroatoms. The second-order valence-corrected chi connectivity index (χ2v) is 9.62. The molecule has 4 aromatic rings. The highest BCUT2D eigenvalue weighted by Gasteiger charge is 2.17. The lowest BCUT2D eigenvalue weighted by atomic mass is 9.90. The first-order valence-corrected chi connectivity index (χ1v) is 12.7. The third-order valence-corrected chi connectivity index (χ3v) is 7.06. The van der Waals surface area contributed by atoms with E-state index in [1.807, 2.05) is 107 Å². The van der Waals surface area contributed by atoms with Crippen molar-refractivity contribution in [1.29, 1.82) is 0 Å². The first kappa shape index (κ1) is 26.5. The van der Waals surface area contributed by atoms with Crippen LogP contribution in [0.15, 0.2) is 121 Å². The molecule has 0 aliphatic rings. The molecule has 2 nitrogen and oxygen atoms in total. The Morgan fingerprint density at radius 1 is 0.579 bits per heavy atom. The lowest BCUT2D eigenvalue weighted by Crippen LogP contribution is -2.06. The molecule has 0 spiro atoms. The summed E-state index contributed by atoms with van der Waals surface area (Å²) < 4.78 is 0. The topological polar surface area (TPSA) is 34.1 Å². The number of rotatable bonds is 8. The molecule has 0 heterocycles. The van der Waals surface area contributed by atoms with E-state index in [-0.39, 0.29) is 11.6 Å². The fraction of sp³-hybridized carbons (Fsp3) is 0.111. The highest BCUT2D eigenvalue weighted by atomic mass is 16.1.